The Morgan fingerprint density at radius 3 is 2.24 bits per heavy atom. The normalized spacial score (nSPS) is 22.4. The number of fused-ring (bicyclic) bond motifs is 1. The van der Waals surface area contributed by atoms with Crippen molar-refractivity contribution in [2.45, 2.75) is 49.4 Å². The van der Waals surface area contributed by atoms with Gasteiger partial charge in [-0.2, -0.15) is 0 Å². The molecule has 4 atom stereocenters. The van der Waals surface area contributed by atoms with Crippen LogP contribution in [0.1, 0.15) is 36.7 Å². The summed E-state index contributed by atoms with van der Waals surface area (Å²) in [6, 6.07) is 10.2. The van der Waals surface area contributed by atoms with Crippen molar-refractivity contribution >= 4 is 47.5 Å². The molecule has 14 heteroatoms. The van der Waals surface area contributed by atoms with Gasteiger partial charge in [0.1, 0.15) is 18.0 Å². The third-order valence-electron chi connectivity index (χ3n) is 6.25. The third kappa shape index (κ3) is 7.10. The number of carbonyl (C=O) groups excluding carboxylic acids is 6. The summed E-state index contributed by atoms with van der Waals surface area (Å²) in [5.74, 6) is -5.03. The molecule has 1 N–H and O–H groups in total. The van der Waals surface area contributed by atoms with Crippen LogP contribution in [-0.4, -0.2) is 69.4 Å². The molecular weight excluding hydrogens is 567 g/mol. The van der Waals surface area contributed by atoms with E-state index in [0.29, 0.717) is 0 Å². The number of β-lactam (4-membered cyclic amide) rings is 1. The van der Waals surface area contributed by atoms with Gasteiger partial charge in [-0.05, 0) is 30.7 Å². The molecule has 12 nitrogen and oxygen atoms in total. The number of rotatable bonds is 9. The Hall–Kier alpha value is -3.39. The van der Waals surface area contributed by atoms with E-state index in [1.165, 1.54) is 19.1 Å². The largest absolute Gasteiger partial charge is 1.00 e. The second-order valence-corrected chi connectivity index (χ2v) is 11.1. The number of nitrogens with one attached hydrogen (secondary N) is 1. The average Bonchev–Trinajstić information content (AvgIpc) is 3.17. The maximum Gasteiger partial charge on any atom is 1.00 e. The molecule has 210 valence electrons. The molecule has 2 fully saturated rings. The predicted molar refractivity (Wildman–Crippen MR) is 137 cm³/mol. The number of amides is 2. The fourth-order valence-electron chi connectivity index (χ4n) is 4.54. The molecule has 0 bridgehead atoms. The first kappa shape index (κ1) is 32.1. The number of hydrogen-bond acceptors (Lipinski definition) is 11. The van der Waals surface area contributed by atoms with Crippen LogP contribution < -0.4 is 49.5 Å². The number of carboxylic acids is 1. The molecule has 2 heterocycles. The maximum absolute atomic E-state index is 12.8. The molecule has 4 rings (SSSR count). The zero-order chi connectivity index (χ0) is 29.2. The number of benzene rings is 2. The van der Waals surface area contributed by atoms with Gasteiger partial charge in [-0.1, -0.05) is 30.3 Å². The van der Waals surface area contributed by atoms with Gasteiger partial charge in [0.2, 0.25) is 11.8 Å². The number of thioether (sulfide) groups is 1. The molecule has 0 aliphatic carbocycles. The first-order valence-electron chi connectivity index (χ1n) is 12.1. The van der Waals surface area contributed by atoms with Crippen LogP contribution in [0.2, 0.25) is 0 Å². The minimum Gasteiger partial charge on any atom is -0.548 e. The van der Waals surface area contributed by atoms with E-state index < -0.39 is 64.5 Å². The molecule has 0 spiro atoms. The Morgan fingerprint density at radius 2 is 1.63 bits per heavy atom. The molecule has 0 radical (unpaired) electrons. The van der Waals surface area contributed by atoms with Crippen molar-refractivity contribution in [1.29, 1.82) is 0 Å². The number of nitrogens with zero attached hydrogens (tertiary/aromatic N) is 1. The van der Waals surface area contributed by atoms with Crippen LogP contribution >= 0.6 is 11.8 Å². The number of hydrogen-bond donors (Lipinski definition) is 1. The number of ether oxygens (including phenoxy) is 3. The SMILES string of the molecule is CC(=O)Oc1ccc(C(=O)OC[C@]2(C)S[C@@H]3[C@H](NC(=O)Cc4ccccc4)C(=O)N3[C@H]2C(=O)[O-])cc1OC(C)=O.[Na+]. The monoisotopic (exact) mass is 592 g/mol. The first-order chi connectivity index (χ1) is 18.9. The van der Waals surface area contributed by atoms with Crippen molar-refractivity contribution < 1.29 is 77.6 Å². The molecule has 2 aromatic rings. The topological polar surface area (TPSA) is 168 Å². The van der Waals surface area contributed by atoms with E-state index >= 15 is 0 Å². The molecule has 0 aromatic heterocycles. The molecule has 0 unspecified atom stereocenters. The van der Waals surface area contributed by atoms with Crippen LogP contribution in [0.4, 0.5) is 0 Å². The van der Waals surface area contributed by atoms with Crippen molar-refractivity contribution in [1.82, 2.24) is 10.2 Å². The molecule has 2 aromatic carbocycles. The van der Waals surface area contributed by atoms with Gasteiger partial charge in [0.25, 0.3) is 0 Å². The van der Waals surface area contributed by atoms with Gasteiger partial charge < -0.3 is 34.3 Å². The quantitative estimate of drug-likeness (QED) is 0.138. The summed E-state index contributed by atoms with van der Waals surface area (Å²) in [5.41, 5.74) is 0.693. The van der Waals surface area contributed by atoms with E-state index in [-0.39, 0.29) is 53.0 Å². The predicted octanol–water partition coefficient (Wildman–Crippen LogP) is -2.78. The first-order valence-corrected chi connectivity index (χ1v) is 13.0. The zero-order valence-electron chi connectivity index (χ0n) is 22.7. The Balaban J connectivity index is 0.00000462. The smallest absolute Gasteiger partial charge is 0.548 e. The number of aliphatic carboxylic acids is 1. The van der Waals surface area contributed by atoms with Gasteiger partial charge in [0.15, 0.2) is 11.5 Å². The van der Waals surface area contributed by atoms with Crippen LogP contribution in [0.3, 0.4) is 0 Å². The van der Waals surface area contributed by atoms with Crippen molar-refractivity contribution in [3.8, 4) is 11.5 Å². The average molecular weight is 593 g/mol. The fraction of sp³-hybridized carbons (Fsp3) is 0.333. The van der Waals surface area contributed by atoms with Gasteiger partial charge in [-0.25, -0.2) is 4.79 Å². The van der Waals surface area contributed by atoms with E-state index in [0.717, 1.165) is 42.1 Å². The molecular formula is C27H25N2NaO10S. The third-order valence-corrected chi connectivity index (χ3v) is 7.87. The fourth-order valence-corrected chi connectivity index (χ4v) is 6.21. The molecule has 0 saturated carbocycles. The Labute approximate surface area is 261 Å². The Kier molecular flexibility index (Phi) is 10.2. The van der Waals surface area contributed by atoms with Gasteiger partial charge in [0, 0.05) is 13.8 Å². The number of carbonyl (C=O) groups is 6. The van der Waals surface area contributed by atoms with Crippen LogP contribution in [0.25, 0.3) is 0 Å². The minimum atomic E-state index is -1.53. The summed E-state index contributed by atoms with van der Waals surface area (Å²) < 4.78 is 14.1. The van der Waals surface area contributed by atoms with Crippen molar-refractivity contribution in [2.24, 2.45) is 0 Å². The molecule has 2 saturated heterocycles. The van der Waals surface area contributed by atoms with Crippen LogP contribution in [0.5, 0.6) is 11.5 Å². The van der Waals surface area contributed by atoms with Crippen molar-refractivity contribution in [3.63, 3.8) is 0 Å². The van der Waals surface area contributed by atoms with Gasteiger partial charge in [-0.3, -0.25) is 19.2 Å². The second-order valence-electron chi connectivity index (χ2n) is 9.42. The number of esters is 3. The van der Waals surface area contributed by atoms with E-state index in [9.17, 15) is 33.9 Å². The van der Waals surface area contributed by atoms with E-state index in [2.05, 4.69) is 5.32 Å². The van der Waals surface area contributed by atoms with Gasteiger partial charge >= 0.3 is 47.5 Å². The van der Waals surface area contributed by atoms with Crippen molar-refractivity contribution in [2.75, 3.05) is 6.61 Å². The van der Waals surface area contributed by atoms with E-state index in [1.54, 1.807) is 24.3 Å². The molecule has 2 aliphatic rings. The standard InChI is InChI=1S/C27H26N2O10S.Na/c1-14(30)38-18-10-9-17(12-19(18)39-15(2)31)26(36)37-13-27(3)22(25(34)35)29-23(33)21(24(29)40-27)28-20(32)11-16-7-5-4-6-8-16;/h4-10,12,21-22,24H,11,13H2,1-3H3,(H,28,32)(H,34,35);/q;+1/p-1/t21-,22+,24-,27+;/m1./s1. The summed E-state index contributed by atoms with van der Waals surface area (Å²) in [4.78, 5) is 74.2. The Morgan fingerprint density at radius 1 is 1.00 bits per heavy atom. The van der Waals surface area contributed by atoms with E-state index in [1.807, 2.05) is 6.07 Å². The van der Waals surface area contributed by atoms with Crippen molar-refractivity contribution in [3.05, 3.63) is 59.7 Å². The summed E-state index contributed by atoms with van der Waals surface area (Å²) in [5, 5.41) is 14.0. The summed E-state index contributed by atoms with van der Waals surface area (Å²) >= 11 is 1.08. The van der Waals surface area contributed by atoms with Gasteiger partial charge in [-0.15, -0.1) is 11.8 Å². The zero-order valence-corrected chi connectivity index (χ0v) is 25.5. The molecule has 2 aliphatic heterocycles. The number of carboxylic acid groups (broad SMARTS) is 1. The summed E-state index contributed by atoms with van der Waals surface area (Å²) in [6.45, 7) is 3.38. The summed E-state index contributed by atoms with van der Waals surface area (Å²) in [6.07, 6.45) is 0.0480. The molecule has 2 amide bonds. The van der Waals surface area contributed by atoms with Crippen LogP contribution in [-0.2, 0) is 35.1 Å². The molecule has 41 heavy (non-hydrogen) atoms. The van der Waals surface area contributed by atoms with Crippen LogP contribution in [0, 0.1) is 0 Å². The van der Waals surface area contributed by atoms with Gasteiger partial charge in [0.05, 0.1) is 28.7 Å². The Bertz CT molecular complexity index is 1390. The van der Waals surface area contributed by atoms with E-state index in [4.69, 9.17) is 14.2 Å². The second kappa shape index (κ2) is 13.1. The summed E-state index contributed by atoms with van der Waals surface area (Å²) in [7, 11) is 0. The minimum absolute atomic E-state index is 0. The van der Waals surface area contributed by atoms with Crippen LogP contribution in [0.15, 0.2) is 48.5 Å². The maximum atomic E-state index is 12.8.